The van der Waals surface area contributed by atoms with Crippen molar-refractivity contribution < 1.29 is 14.3 Å². The van der Waals surface area contributed by atoms with Gasteiger partial charge in [-0.1, -0.05) is 96.1 Å². The van der Waals surface area contributed by atoms with Gasteiger partial charge in [0.2, 0.25) is 11.8 Å². The quantitative estimate of drug-likeness (QED) is 0.198. The highest BCUT2D eigenvalue weighted by Crippen LogP contribution is 2.33. The zero-order valence-corrected chi connectivity index (χ0v) is 27.6. The second-order valence-electron chi connectivity index (χ2n) is 12.7. The maximum atomic E-state index is 13.8. The molecule has 0 saturated carbocycles. The van der Waals surface area contributed by atoms with E-state index in [0.29, 0.717) is 26.2 Å². The van der Waals surface area contributed by atoms with Gasteiger partial charge in [0.05, 0.1) is 25.0 Å². The van der Waals surface area contributed by atoms with Crippen molar-refractivity contribution in [2.45, 2.75) is 38.9 Å². The molecule has 4 aromatic rings. The van der Waals surface area contributed by atoms with Crippen LogP contribution in [-0.2, 0) is 14.3 Å². The Kier molecular flexibility index (Phi) is 10.5. The maximum absolute atomic E-state index is 13.8. The summed E-state index contributed by atoms with van der Waals surface area (Å²) in [6.07, 6.45) is -0.518. The number of ether oxygens (including phenoxy) is 1. The smallest absolute Gasteiger partial charge is 0.225 e. The topological polar surface area (TPSA) is 56.3 Å². The van der Waals surface area contributed by atoms with Crippen LogP contribution < -0.4 is 9.80 Å². The normalized spacial score (nSPS) is 16.6. The molecule has 0 spiro atoms. The van der Waals surface area contributed by atoms with Crippen LogP contribution in [0.15, 0.2) is 109 Å². The summed E-state index contributed by atoms with van der Waals surface area (Å²) >= 11 is 0. The predicted molar refractivity (Wildman–Crippen MR) is 189 cm³/mol. The number of carbonyl (C=O) groups is 2. The Morgan fingerprint density at radius 3 is 1.19 bits per heavy atom. The summed E-state index contributed by atoms with van der Waals surface area (Å²) in [5.41, 5.74) is 6.58. The van der Waals surface area contributed by atoms with Crippen molar-refractivity contribution in [3.8, 4) is 0 Å². The molecule has 0 bridgehead atoms. The minimum Gasteiger partial charge on any atom is -0.368 e. The van der Waals surface area contributed by atoms with Crippen molar-refractivity contribution in [2.75, 3.05) is 62.2 Å². The minimum absolute atomic E-state index is 0.0781. The number of amides is 2. The van der Waals surface area contributed by atoms with Gasteiger partial charge in [0, 0.05) is 63.7 Å². The van der Waals surface area contributed by atoms with E-state index in [-0.39, 0.29) is 24.7 Å². The molecule has 0 aromatic heterocycles. The first-order valence-electron chi connectivity index (χ1n) is 16.9. The number of carbonyl (C=O) groups excluding carboxylic acids is 2. The Hall–Kier alpha value is -4.62. The van der Waals surface area contributed by atoms with E-state index >= 15 is 0 Å². The van der Waals surface area contributed by atoms with E-state index in [9.17, 15) is 9.59 Å². The van der Waals surface area contributed by atoms with Gasteiger partial charge in [0.15, 0.2) is 0 Å². The van der Waals surface area contributed by atoms with Crippen molar-refractivity contribution in [3.63, 3.8) is 0 Å². The van der Waals surface area contributed by atoms with Gasteiger partial charge < -0.3 is 24.3 Å². The van der Waals surface area contributed by atoms with Gasteiger partial charge in [0.25, 0.3) is 0 Å². The molecule has 0 N–H and O–H groups in total. The lowest BCUT2D eigenvalue weighted by Crippen LogP contribution is -2.49. The summed E-state index contributed by atoms with van der Waals surface area (Å²) in [5, 5.41) is 0. The highest BCUT2D eigenvalue weighted by atomic mass is 16.5. The number of nitrogens with zero attached hydrogens (tertiary/aromatic N) is 4. The van der Waals surface area contributed by atoms with E-state index in [4.69, 9.17) is 4.74 Å². The van der Waals surface area contributed by atoms with Crippen molar-refractivity contribution in [2.24, 2.45) is 0 Å². The Labute approximate surface area is 279 Å². The van der Waals surface area contributed by atoms with E-state index in [0.717, 1.165) is 48.4 Å². The van der Waals surface area contributed by atoms with Crippen LogP contribution in [0.1, 0.15) is 47.3 Å². The molecule has 4 aromatic carbocycles. The van der Waals surface area contributed by atoms with Crippen LogP contribution in [0.4, 0.5) is 11.4 Å². The van der Waals surface area contributed by atoms with Crippen LogP contribution >= 0.6 is 0 Å². The number of anilines is 2. The van der Waals surface area contributed by atoms with Gasteiger partial charge >= 0.3 is 0 Å². The molecule has 2 aliphatic rings. The fourth-order valence-corrected chi connectivity index (χ4v) is 6.53. The number of hydrogen-bond acceptors (Lipinski definition) is 5. The number of rotatable bonds is 10. The largest absolute Gasteiger partial charge is 0.368 e. The summed E-state index contributed by atoms with van der Waals surface area (Å²) in [5.74, 6) is 0.156. The first-order valence-corrected chi connectivity index (χ1v) is 16.9. The fraction of sp³-hybridized carbons (Fsp3) is 0.350. The molecule has 0 radical (unpaired) electrons. The first kappa shape index (κ1) is 32.3. The average Bonchev–Trinajstić information content (AvgIpc) is 3.12. The third-order valence-electron chi connectivity index (χ3n) is 9.45. The van der Waals surface area contributed by atoms with Gasteiger partial charge in [-0.25, -0.2) is 0 Å². The summed E-state index contributed by atoms with van der Waals surface area (Å²) in [6, 6.07) is 37.2. The van der Waals surface area contributed by atoms with Crippen molar-refractivity contribution in [1.82, 2.24) is 9.80 Å². The summed E-state index contributed by atoms with van der Waals surface area (Å²) in [7, 11) is 0. The van der Waals surface area contributed by atoms with Crippen LogP contribution in [0.2, 0.25) is 0 Å². The molecular weight excluding hydrogens is 584 g/mol. The molecule has 2 aliphatic heterocycles. The Bertz CT molecular complexity index is 1460. The van der Waals surface area contributed by atoms with E-state index in [1.807, 2.05) is 21.9 Å². The molecule has 47 heavy (non-hydrogen) atoms. The van der Waals surface area contributed by atoms with E-state index in [2.05, 4.69) is 121 Å². The Balaban J connectivity index is 1.16. The standard InChI is InChI=1S/C40H46N4O3/c1-31-13-17-33(18-14-31)37(29-39(45)43-25-21-41(22-26-43)35-9-5-3-6-10-35)47-38(34-19-15-32(2)16-20-34)30-40(46)44-27-23-42(24-28-44)36-11-7-4-8-12-36/h3-20,37-38H,21-30H2,1-2H3. The van der Waals surface area contributed by atoms with E-state index in [1.54, 1.807) is 0 Å². The second-order valence-corrected chi connectivity index (χ2v) is 12.7. The van der Waals surface area contributed by atoms with Crippen LogP contribution in [-0.4, -0.2) is 74.0 Å². The fourth-order valence-electron chi connectivity index (χ4n) is 6.53. The van der Waals surface area contributed by atoms with Crippen LogP contribution in [0.25, 0.3) is 0 Å². The molecule has 7 heteroatoms. The van der Waals surface area contributed by atoms with Gasteiger partial charge in [-0.15, -0.1) is 0 Å². The zero-order valence-electron chi connectivity index (χ0n) is 27.6. The molecule has 2 amide bonds. The highest BCUT2D eigenvalue weighted by Gasteiger charge is 2.30. The molecule has 2 atom stereocenters. The number of para-hydroxylation sites is 2. The molecule has 2 heterocycles. The third-order valence-corrected chi connectivity index (χ3v) is 9.45. The molecule has 2 fully saturated rings. The summed E-state index contributed by atoms with van der Waals surface area (Å²) < 4.78 is 6.89. The third kappa shape index (κ3) is 8.40. The molecule has 7 nitrogen and oxygen atoms in total. The molecule has 2 unspecified atom stereocenters. The first-order chi connectivity index (χ1) is 22.9. The number of hydrogen-bond donors (Lipinski definition) is 0. The van der Waals surface area contributed by atoms with Gasteiger partial charge in [0.1, 0.15) is 0 Å². The molecule has 0 aliphatic carbocycles. The monoisotopic (exact) mass is 630 g/mol. The summed E-state index contributed by atoms with van der Waals surface area (Å²) in [6.45, 7) is 9.98. The summed E-state index contributed by atoms with van der Waals surface area (Å²) in [4.78, 5) is 36.2. The van der Waals surface area contributed by atoms with Gasteiger partial charge in [-0.2, -0.15) is 0 Å². The van der Waals surface area contributed by atoms with Gasteiger partial charge in [-0.3, -0.25) is 9.59 Å². The van der Waals surface area contributed by atoms with Crippen molar-refractivity contribution >= 4 is 23.2 Å². The molecule has 244 valence electrons. The zero-order chi connectivity index (χ0) is 32.6. The van der Waals surface area contributed by atoms with E-state index < -0.39 is 12.2 Å². The van der Waals surface area contributed by atoms with Crippen LogP contribution in [0, 0.1) is 13.8 Å². The highest BCUT2D eigenvalue weighted by molar-refractivity contribution is 5.78. The average molecular weight is 631 g/mol. The molecule has 2 saturated heterocycles. The Morgan fingerprint density at radius 1 is 0.511 bits per heavy atom. The predicted octanol–water partition coefficient (Wildman–Crippen LogP) is 6.58. The lowest BCUT2D eigenvalue weighted by molar-refractivity contribution is -0.139. The van der Waals surface area contributed by atoms with Crippen LogP contribution in [0.5, 0.6) is 0 Å². The Morgan fingerprint density at radius 2 is 0.851 bits per heavy atom. The lowest BCUT2D eigenvalue weighted by Gasteiger charge is -2.37. The van der Waals surface area contributed by atoms with Crippen molar-refractivity contribution in [1.29, 1.82) is 0 Å². The molecule has 6 rings (SSSR count). The minimum atomic E-state index is -0.482. The lowest BCUT2D eigenvalue weighted by atomic mass is 10.0. The van der Waals surface area contributed by atoms with Crippen LogP contribution in [0.3, 0.4) is 0 Å². The number of piperazine rings is 2. The number of aryl methyl sites for hydroxylation is 2. The van der Waals surface area contributed by atoms with Crippen molar-refractivity contribution in [3.05, 3.63) is 131 Å². The second kappa shape index (κ2) is 15.3. The number of benzene rings is 4. The van der Waals surface area contributed by atoms with Gasteiger partial charge in [-0.05, 0) is 49.2 Å². The van der Waals surface area contributed by atoms with E-state index in [1.165, 1.54) is 11.4 Å². The molecular formula is C40H46N4O3. The SMILES string of the molecule is Cc1ccc(C(CC(=O)N2CCN(c3ccccc3)CC2)OC(CC(=O)N2CCN(c3ccccc3)CC2)c2ccc(C)cc2)cc1. The maximum Gasteiger partial charge on any atom is 0.225 e.